The average Bonchev–Trinajstić information content (AvgIpc) is 3.22. The van der Waals surface area contributed by atoms with Crippen LogP contribution in [0.4, 0.5) is 0 Å². The molecule has 0 saturated heterocycles. The van der Waals surface area contributed by atoms with E-state index in [-0.39, 0.29) is 30.8 Å². The Morgan fingerprint density at radius 1 is 1.00 bits per heavy atom. The molecule has 0 aromatic heterocycles. The van der Waals surface area contributed by atoms with Crippen LogP contribution in [0.3, 0.4) is 0 Å². The monoisotopic (exact) mass is 466 g/mol. The minimum absolute atomic E-state index is 0.0861. The Hall–Kier alpha value is -1.75. The molecule has 30 heavy (non-hydrogen) atoms. The van der Waals surface area contributed by atoms with Crippen molar-refractivity contribution in [2.45, 2.75) is 57.7 Å². The number of carbonyl (C=O) groups is 2. The molecule has 2 aromatic carbocycles. The van der Waals surface area contributed by atoms with E-state index in [0.29, 0.717) is 26.2 Å². The third-order valence-corrected chi connectivity index (χ3v) is 6.64. The van der Waals surface area contributed by atoms with Crippen molar-refractivity contribution >= 4 is 46.6 Å². The Bertz CT molecular complexity index is 893. The molecule has 1 fully saturated rings. The van der Waals surface area contributed by atoms with Gasteiger partial charge in [0.15, 0.2) is 0 Å². The number of hydrogen-bond acceptors (Lipinski definition) is 2. The van der Waals surface area contributed by atoms with Gasteiger partial charge in [-0.2, -0.15) is 0 Å². The molecule has 0 radical (unpaired) electrons. The highest BCUT2D eigenvalue weighted by Crippen LogP contribution is 2.27. The summed E-state index contributed by atoms with van der Waals surface area (Å²) < 4.78 is 0. The Morgan fingerprint density at radius 3 is 2.23 bits per heavy atom. The van der Waals surface area contributed by atoms with E-state index < -0.39 is 6.04 Å². The first-order valence-corrected chi connectivity index (χ1v) is 11.3. The zero-order valence-corrected chi connectivity index (χ0v) is 19.1. The van der Waals surface area contributed by atoms with Crippen LogP contribution in [0, 0.1) is 0 Å². The SMILES string of the molecule is C[C@H](C(=O)NC1CCCC1)N(Cc1c(Cl)cccc1Cl)C(=O)Cc1ccccc1Cl. The summed E-state index contributed by atoms with van der Waals surface area (Å²) in [5.41, 5.74) is 1.33. The van der Waals surface area contributed by atoms with Crippen LogP contribution in [-0.2, 0) is 22.6 Å². The number of benzene rings is 2. The fourth-order valence-electron chi connectivity index (χ4n) is 3.73. The quantitative estimate of drug-likeness (QED) is 0.571. The van der Waals surface area contributed by atoms with Crippen molar-refractivity contribution in [3.05, 3.63) is 68.7 Å². The van der Waals surface area contributed by atoms with Crippen molar-refractivity contribution in [2.24, 2.45) is 0 Å². The molecule has 0 bridgehead atoms. The van der Waals surface area contributed by atoms with Gasteiger partial charge in [-0.1, -0.05) is 71.9 Å². The van der Waals surface area contributed by atoms with Gasteiger partial charge in [0.2, 0.25) is 11.8 Å². The molecule has 1 saturated carbocycles. The van der Waals surface area contributed by atoms with Gasteiger partial charge in [0, 0.05) is 33.2 Å². The third kappa shape index (κ3) is 5.69. The molecule has 160 valence electrons. The third-order valence-electron chi connectivity index (χ3n) is 5.56. The van der Waals surface area contributed by atoms with Crippen LogP contribution in [0.25, 0.3) is 0 Å². The van der Waals surface area contributed by atoms with Crippen LogP contribution in [0.5, 0.6) is 0 Å². The van der Waals surface area contributed by atoms with E-state index in [0.717, 1.165) is 25.7 Å². The van der Waals surface area contributed by atoms with Gasteiger partial charge in [0.25, 0.3) is 0 Å². The Kier molecular flexibility index (Phi) is 8.04. The van der Waals surface area contributed by atoms with Crippen molar-refractivity contribution in [1.82, 2.24) is 10.2 Å². The summed E-state index contributed by atoms with van der Waals surface area (Å²) in [5.74, 6) is -0.384. The second kappa shape index (κ2) is 10.5. The molecule has 1 aliphatic carbocycles. The maximum atomic E-state index is 13.3. The smallest absolute Gasteiger partial charge is 0.242 e. The zero-order valence-electron chi connectivity index (χ0n) is 16.8. The van der Waals surface area contributed by atoms with Crippen molar-refractivity contribution in [2.75, 3.05) is 0 Å². The highest BCUT2D eigenvalue weighted by Gasteiger charge is 2.29. The molecule has 2 amide bonds. The first-order valence-electron chi connectivity index (χ1n) is 10.1. The maximum Gasteiger partial charge on any atom is 0.242 e. The summed E-state index contributed by atoms with van der Waals surface area (Å²) in [6, 6.07) is 11.9. The van der Waals surface area contributed by atoms with E-state index in [2.05, 4.69) is 5.32 Å². The fraction of sp³-hybridized carbons (Fsp3) is 0.391. The highest BCUT2D eigenvalue weighted by atomic mass is 35.5. The molecule has 1 atom stereocenters. The summed E-state index contributed by atoms with van der Waals surface area (Å²) >= 11 is 18.9. The lowest BCUT2D eigenvalue weighted by Crippen LogP contribution is -2.50. The standard InChI is InChI=1S/C23H25Cl3N2O2/c1-15(23(30)27-17-8-3-4-9-17)28(14-18-20(25)11-6-12-21(18)26)22(29)13-16-7-2-5-10-19(16)24/h2,5-7,10-12,15,17H,3-4,8-9,13-14H2,1H3,(H,27,30)/t15-/m1/s1. The van der Waals surface area contributed by atoms with Gasteiger partial charge in [-0.25, -0.2) is 0 Å². The summed E-state index contributed by atoms with van der Waals surface area (Å²) in [6.07, 6.45) is 4.26. The Balaban J connectivity index is 1.84. The lowest BCUT2D eigenvalue weighted by Gasteiger charge is -2.30. The molecule has 0 unspecified atom stereocenters. The van der Waals surface area contributed by atoms with Gasteiger partial charge >= 0.3 is 0 Å². The van der Waals surface area contributed by atoms with Gasteiger partial charge in [0.05, 0.1) is 6.42 Å². The molecule has 0 heterocycles. The number of halogens is 3. The molecule has 3 rings (SSSR count). The van der Waals surface area contributed by atoms with Crippen molar-refractivity contribution < 1.29 is 9.59 Å². The first-order chi connectivity index (χ1) is 14.4. The fourth-order valence-corrected chi connectivity index (χ4v) is 4.45. The second-order valence-electron chi connectivity index (χ2n) is 7.66. The molecular weight excluding hydrogens is 443 g/mol. The highest BCUT2D eigenvalue weighted by molar-refractivity contribution is 6.36. The van der Waals surface area contributed by atoms with Gasteiger partial charge in [-0.3, -0.25) is 9.59 Å². The van der Waals surface area contributed by atoms with Crippen molar-refractivity contribution in [3.63, 3.8) is 0 Å². The summed E-state index contributed by atoms with van der Waals surface area (Å²) in [5, 5.41) is 4.52. The number of hydrogen-bond donors (Lipinski definition) is 1. The molecule has 2 aromatic rings. The summed E-state index contributed by atoms with van der Waals surface area (Å²) in [7, 11) is 0. The Labute approximate surface area is 192 Å². The predicted octanol–water partition coefficient (Wildman–Crippen LogP) is 5.67. The molecule has 0 spiro atoms. The van der Waals surface area contributed by atoms with Crippen LogP contribution >= 0.6 is 34.8 Å². The number of carbonyl (C=O) groups excluding carboxylic acids is 2. The topological polar surface area (TPSA) is 49.4 Å². The van der Waals surface area contributed by atoms with E-state index in [1.54, 1.807) is 31.2 Å². The van der Waals surface area contributed by atoms with E-state index in [1.807, 2.05) is 18.2 Å². The zero-order chi connectivity index (χ0) is 21.7. The molecule has 4 nitrogen and oxygen atoms in total. The lowest BCUT2D eigenvalue weighted by atomic mass is 10.1. The molecule has 1 aliphatic rings. The maximum absolute atomic E-state index is 13.3. The normalized spacial score (nSPS) is 15.1. The van der Waals surface area contributed by atoms with Gasteiger partial charge < -0.3 is 10.2 Å². The average molecular weight is 468 g/mol. The number of nitrogens with zero attached hydrogens (tertiary/aromatic N) is 1. The van der Waals surface area contributed by atoms with Crippen LogP contribution in [-0.4, -0.2) is 28.8 Å². The molecule has 7 heteroatoms. The van der Waals surface area contributed by atoms with Gasteiger partial charge in [-0.05, 0) is 43.5 Å². The van der Waals surface area contributed by atoms with Crippen LogP contribution in [0.2, 0.25) is 15.1 Å². The summed E-state index contributed by atoms with van der Waals surface area (Å²) in [6.45, 7) is 1.88. The largest absolute Gasteiger partial charge is 0.352 e. The van der Waals surface area contributed by atoms with Gasteiger partial charge in [-0.15, -0.1) is 0 Å². The second-order valence-corrected chi connectivity index (χ2v) is 8.88. The first kappa shape index (κ1) is 22.9. The van der Waals surface area contributed by atoms with E-state index in [1.165, 1.54) is 4.90 Å². The summed E-state index contributed by atoms with van der Waals surface area (Å²) in [4.78, 5) is 27.7. The van der Waals surface area contributed by atoms with Crippen LogP contribution < -0.4 is 5.32 Å². The van der Waals surface area contributed by atoms with E-state index in [4.69, 9.17) is 34.8 Å². The lowest BCUT2D eigenvalue weighted by molar-refractivity contribution is -0.140. The molecular formula is C23H25Cl3N2O2. The van der Waals surface area contributed by atoms with E-state index in [9.17, 15) is 9.59 Å². The predicted molar refractivity (Wildman–Crippen MR) is 122 cm³/mol. The van der Waals surface area contributed by atoms with Crippen molar-refractivity contribution in [3.8, 4) is 0 Å². The van der Waals surface area contributed by atoms with E-state index >= 15 is 0 Å². The minimum atomic E-state index is -0.673. The van der Waals surface area contributed by atoms with Gasteiger partial charge in [0.1, 0.15) is 6.04 Å². The molecule has 0 aliphatic heterocycles. The van der Waals surface area contributed by atoms with Crippen LogP contribution in [0.15, 0.2) is 42.5 Å². The number of amides is 2. The Morgan fingerprint density at radius 2 is 1.60 bits per heavy atom. The number of rotatable bonds is 7. The molecule has 1 N–H and O–H groups in total. The number of nitrogens with one attached hydrogen (secondary N) is 1. The van der Waals surface area contributed by atoms with Crippen molar-refractivity contribution in [1.29, 1.82) is 0 Å². The minimum Gasteiger partial charge on any atom is -0.352 e. The van der Waals surface area contributed by atoms with Crippen LogP contribution in [0.1, 0.15) is 43.7 Å².